The van der Waals surface area contributed by atoms with Crippen LogP contribution in [-0.4, -0.2) is 28.3 Å². The molecule has 0 aliphatic carbocycles. The van der Waals surface area contributed by atoms with Crippen molar-refractivity contribution in [2.45, 2.75) is 12.8 Å². The Labute approximate surface area is 158 Å². The number of carbonyl (C=O) groups excluding carboxylic acids is 2. The summed E-state index contributed by atoms with van der Waals surface area (Å²) in [5.41, 5.74) is 2.81. The average molecular weight is 380 g/mol. The molecule has 1 aliphatic rings. The number of aromatic amines is 1. The summed E-state index contributed by atoms with van der Waals surface area (Å²) in [5.74, 6) is -0.379. The van der Waals surface area contributed by atoms with Crippen molar-refractivity contribution < 1.29 is 9.59 Å². The van der Waals surface area contributed by atoms with Crippen LogP contribution in [-0.2, 0) is 17.6 Å². The number of nitrogens with zero attached hydrogens (tertiary/aromatic N) is 2. The van der Waals surface area contributed by atoms with Gasteiger partial charge in [0.2, 0.25) is 11.5 Å². The SMILES string of the molecule is O=C(Nc1nc(CC(=O)N2CCc3ccccc32)cs1)c1ccc(=O)[nH]c1. The number of benzene rings is 1. The number of rotatable bonds is 4. The van der Waals surface area contributed by atoms with Crippen LogP contribution in [0.5, 0.6) is 0 Å². The Kier molecular flexibility index (Phi) is 4.55. The molecule has 2 aromatic heterocycles. The normalized spacial score (nSPS) is 12.7. The van der Waals surface area contributed by atoms with Crippen molar-refractivity contribution in [1.29, 1.82) is 0 Å². The molecule has 0 spiro atoms. The predicted molar refractivity (Wildman–Crippen MR) is 103 cm³/mol. The van der Waals surface area contributed by atoms with Gasteiger partial charge in [-0.25, -0.2) is 4.98 Å². The molecule has 4 rings (SSSR count). The monoisotopic (exact) mass is 380 g/mol. The van der Waals surface area contributed by atoms with Gasteiger partial charge < -0.3 is 9.88 Å². The molecule has 0 bridgehead atoms. The van der Waals surface area contributed by atoms with Crippen LogP contribution in [0, 0.1) is 0 Å². The molecular formula is C19H16N4O3S. The first-order valence-corrected chi connectivity index (χ1v) is 9.31. The van der Waals surface area contributed by atoms with E-state index in [4.69, 9.17) is 0 Å². The van der Waals surface area contributed by atoms with Crippen LogP contribution < -0.4 is 15.8 Å². The smallest absolute Gasteiger partial charge is 0.258 e. The topological polar surface area (TPSA) is 95.2 Å². The average Bonchev–Trinajstić information content (AvgIpc) is 3.29. The molecular weight excluding hydrogens is 364 g/mol. The fourth-order valence-electron chi connectivity index (χ4n) is 3.01. The van der Waals surface area contributed by atoms with Gasteiger partial charge in [-0.05, 0) is 24.1 Å². The quantitative estimate of drug-likeness (QED) is 0.725. The van der Waals surface area contributed by atoms with E-state index in [-0.39, 0.29) is 23.8 Å². The van der Waals surface area contributed by atoms with Crippen LogP contribution in [0.3, 0.4) is 0 Å². The number of fused-ring (bicyclic) bond motifs is 1. The minimum atomic E-state index is -0.369. The molecule has 0 unspecified atom stereocenters. The van der Waals surface area contributed by atoms with Gasteiger partial charge in [0, 0.05) is 29.9 Å². The van der Waals surface area contributed by atoms with E-state index in [0.717, 1.165) is 12.1 Å². The number of carbonyl (C=O) groups is 2. The number of pyridine rings is 1. The van der Waals surface area contributed by atoms with Gasteiger partial charge in [0.1, 0.15) is 0 Å². The summed E-state index contributed by atoms with van der Waals surface area (Å²) >= 11 is 1.26. The number of hydrogen-bond donors (Lipinski definition) is 2. The Morgan fingerprint density at radius 1 is 1.22 bits per heavy atom. The second kappa shape index (κ2) is 7.16. The zero-order chi connectivity index (χ0) is 18.8. The van der Waals surface area contributed by atoms with E-state index in [9.17, 15) is 14.4 Å². The molecule has 7 nitrogen and oxygen atoms in total. The first-order valence-electron chi connectivity index (χ1n) is 8.43. The fraction of sp³-hybridized carbons (Fsp3) is 0.158. The lowest BCUT2D eigenvalue weighted by Crippen LogP contribution is -2.30. The molecule has 8 heteroatoms. The maximum absolute atomic E-state index is 12.6. The summed E-state index contributed by atoms with van der Waals surface area (Å²) < 4.78 is 0. The van der Waals surface area contributed by atoms with Crippen molar-refractivity contribution >= 4 is 34.0 Å². The lowest BCUT2D eigenvalue weighted by atomic mass is 10.2. The molecule has 27 heavy (non-hydrogen) atoms. The predicted octanol–water partition coefficient (Wildman–Crippen LogP) is 2.22. The van der Waals surface area contributed by atoms with Crippen LogP contribution in [0.2, 0.25) is 0 Å². The van der Waals surface area contributed by atoms with Gasteiger partial charge in [0.15, 0.2) is 5.13 Å². The second-order valence-corrected chi connectivity index (χ2v) is 7.00. The van der Waals surface area contributed by atoms with Crippen molar-refractivity contribution in [3.63, 3.8) is 0 Å². The number of H-pyrrole nitrogens is 1. The Morgan fingerprint density at radius 3 is 2.89 bits per heavy atom. The summed E-state index contributed by atoms with van der Waals surface area (Å²) in [6.07, 6.45) is 2.39. The largest absolute Gasteiger partial charge is 0.328 e. The number of amides is 2. The standard InChI is InChI=1S/C19H16N4O3S/c24-16-6-5-13(10-20-16)18(26)22-19-21-14(11-27-19)9-17(25)23-8-7-12-3-1-2-4-15(12)23/h1-6,10-11H,7-9H2,(H,20,24)(H,21,22,26). The highest BCUT2D eigenvalue weighted by Gasteiger charge is 2.24. The first-order chi connectivity index (χ1) is 13.1. The van der Waals surface area contributed by atoms with Crippen LogP contribution in [0.25, 0.3) is 0 Å². The number of hydrogen-bond acceptors (Lipinski definition) is 5. The zero-order valence-electron chi connectivity index (χ0n) is 14.3. The van der Waals surface area contributed by atoms with E-state index < -0.39 is 0 Å². The summed E-state index contributed by atoms with van der Waals surface area (Å²) in [5, 5.41) is 4.86. The van der Waals surface area contributed by atoms with E-state index in [1.165, 1.54) is 35.2 Å². The highest BCUT2D eigenvalue weighted by Crippen LogP contribution is 2.28. The maximum atomic E-state index is 12.6. The Hall–Kier alpha value is -3.26. The number of aromatic nitrogens is 2. The number of thiazole rings is 1. The van der Waals surface area contributed by atoms with E-state index in [1.54, 1.807) is 10.3 Å². The molecule has 136 valence electrons. The lowest BCUT2D eigenvalue weighted by molar-refractivity contribution is -0.117. The molecule has 0 fully saturated rings. The Bertz CT molecular complexity index is 1050. The second-order valence-electron chi connectivity index (χ2n) is 6.14. The van der Waals surface area contributed by atoms with Gasteiger partial charge in [-0.15, -0.1) is 11.3 Å². The highest BCUT2D eigenvalue weighted by molar-refractivity contribution is 7.14. The summed E-state index contributed by atoms with van der Waals surface area (Å²) in [6, 6.07) is 10.6. The van der Waals surface area contributed by atoms with E-state index in [0.29, 0.717) is 22.9 Å². The Balaban J connectivity index is 1.41. The van der Waals surface area contributed by atoms with Crippen LogP contribution >= 0.6 is 11.3 Å². The van der Waals surface area contributed by atoms with Crippen molar-refractivity contribution in [3.05, 3.63) is 75.1 Å². The van der Waals surface area contributed by atoms with Crippen LogP contribution in [0.4, 0.5) is 10.8 Å². The highest BCUT2D eigenvalue weighted by atomic mass is 32.1. The summed E-state index contributed by atoms with van der Waals surface area (Å²) in [6.45, 7) is 0.679. The fourth-order valence-corrected chi connectivity index (χ4v) is 3.72. The minimum Gasteiger partial charge on any atom is -0.328 e. The molecule has 0 saturated heterocycles. The number of anilines is 2. The van der Waals surface area contributed by atoms with E-state index >= 15 is 0 Å². The summed E-state index contributed by atoms with van der Waals surface area (Å²) in [4.78, 5) is 44.4. The minimum absolute atomic E-state index is 0.0104. The molecule has 2 amide bonds. The molecule has 2 N–H and O–H groups in total. The van der Waals surface area contributed by atoms with Crippen molar-refractivity contribution in [2.24, 2.45) is 0 Å². The Morgan fingerprint density at radius 2 is 2.07 bits per heavy atom. The molecule has 1 aliphatic heterocycles. The van der Waals surface area contributed by atoms with Gasteiger partial charge >= 0.3 is 0 Å². The van der Waals surface area contributed by atoms with E-state index in [2.05, 4.69) is 15.3 Å². The zero-order valence-corrected chi connectivity index (χ0v) is 15.1. The number of nitrogens with one attached hydrogen (secondary N) is 2. The molecule has 3 aromatic rings. The molecule has 0 atom stereocenters. The van der Waals surface area contributed by atoms with Gasteiger partial charge in [-0.3, -0.25) is 19.7 Å². The first kappa shape index (κ1) is 17.2. The third-order valence-corrected chi connectivity index (χ3v) is 5.15. The van der Waals surface area contributed by atoms with Gasteiger partial charge in [0.25, 0.3) is 5.91 Å². The molecule has 0 saturated carbocycles. The van der Waals surface area contributed by atoms with Crippen molar-refractivity contribution in [3.8, 4) is 0 Å². The molecule has 1 aromatic carbocycles. The lowest BCUT2D eigenvalue weighted by Gasteiger charge is -2.16. The third kappa shape index (κ3) is 3.65. The maximum Gasteiger partial charge on any atom is 0.258 e. The van der Waals surface area contributed by atoms with Crippen LogP contribution in [0.1, 0.15) is 21.6 Å². The van der Waals surface area contributed by atoms with Crippen molar-refractivity contribution in [1.82, 2.24) is 9.97 Å². The summed E-state index contributed by atoms with van der Waals surface area (Å²) in [7, 11) is 0. The molecule has 3 heterocycles. The van der Waals surface area contributed by atoms with Crippen LogP contribution in [0.15, 0.2) is 52.8 Å². The molecule has 0 radical (unpaired) electrons. The third-order valence-electron chi connectivity index (χ3n) is 4.34. The van der Waals surface area contributed by atoms with Gasteiger partial charge in [-0.2, -0.15) is 0 Å². The van der Waals surface area contributed by atoms with Crippen molar-refractivity contribution in [2.75, 3.05) is 16.8 Å². The van der Waals surface area contributed by atoms with E-state index in [1.807, 2.05) is 24.3 Å². The number of para-hydroxylation sites is 1. The van der Waals surface area contributed by atoms with Gasteiger partial charge in [-0.1, -0.05) is 18.2 Å². The van der Waals surface area contributed by atoms with Gasteiger partial charge in [0.05, 0.1) is 17.7 Å².